The zero-order valence-electron chi connectivity index (χ0n) is 25.4. The number of hydrogen-bond donors (Lipinski definition) is 3. The topological polar surface area (TPSA) is 175 Å². The van der Waals surface area contributed by atoms with E-state index in [1.54, 1.807) is 7.11 Å². The Morgan fingerprint density at radius 1 is 1.09 bits per heavy atom. The molecular formula is C29H40FN6O8P. The fourth-order valence-corrected chi connectivity index (χ4v) is 5.68. The molecule has 4 rings (SSSR count). The highest BCUT2D eigenvalue weighted by Gasteiger charge is 2.33. The van der Waals surface area contributed by atoms with E-state index in [2.05, 4.69) is 15.3 Å². The number of anilines is 1. The third-order valence-corrected chi connectivity index (χ3v) is 8.58. The smallest absolute Gasteiger partial charge is 0.409 e. The first kappa shape index (κ1) is 34.2. The molecule has 3 amide bonds. The van der Waals surface area contributed by atoms with Gasteiger partial charge in [-0.2, -0.15) is 0 Å². The molecule has 2 aliphatic heterocycles. The van der Waals surface area contributed by atoms with Crippen molar-refractivity contribution in [1.82, 2.24) is 25.1 Å². The molecule has 2 fully saturated rings. The Morgan fingerprint density at radius 3 is 2.40 bits per heavy atom. The molecule has 16 heteroatoms. The van der Waals surface area contributed by atoms with Crippen molar-refractivity contribution in [3.8, 4) is 11.4 Å². The van der Waals surface area contributed by atoms with Crippen molar-refractivity contribution in [3.63, 3.8) is 0 Å². The van der Waals surface area contributed by atoms with Gasteiger partial charge in [-0.3, -0.25) is 14.2 Å². The summed E-state index contributed by atoms with van der Waals surface area (Å²) in [5.74, 6) is -1.12. The van der Waals surface area contributed by atoms with Crippen molar-refractivity contribution in [1.29, 1.82) is 0 Å². The highest BCUT2D eigenvalue weighted by atomic mass is 31.2. The number of halogens is 1. The second-order valence-corrected chi connectivity index (χ2v) is 12.8. The third-order valence-electron chi connectivity index (χ3n) is 7.74. The molecule has 0 spiro atoms. The van der Waals surface area contributed by atoms with E-state index in [4.69, 9.17) is 9.47 Å². The van der Waals surface area contributed by atoms with E-state index in [1.165, 1.54) is 40.1 Å². The van der Waals surface area contributed by atoms with Crippen LogP contribution in [0.5, 0.6) is 0 Å². The Kier molecular flexibility index (Phi) is 11.8. The van der Waals surface area contributed by atoms with Gasteiger partial charge in [0, 0.05) is 58.0 Å². The average Bonchev–Trinajstić information content (AvgIpc) is 3.52. The van der Waals surface area contributed by atoms with E-state index in [9.17, 15) is 33.1 Å². The van der Waals surface area contributed by atoms with Crippen molar-refractivity contribution in [3.05, 3.63) is 41.8 Å². The molecule has 0 radical (unpaired) electrons. The number of rotatable bonds is 12. The van der Waals surface area contributed by atoms with Crippen LogP contribution in [0, 0.1) is 5.82 Å². The lowest BCUT2D eigenvalue weighted by molar-refractivity contribution is -0.134. The van der Waals surface area contributed by atoms with Crippen LogP contribution in [0.15, 0.2) is 30.3 Å². The standard InChI is InChI=1S/C29H40FN6O8P/c1-3-4-16-44-29(39)35-14-12-34(13-15-35)28(38)23(10-17-45(40,41)42)32-27(37)24-18-25(36-11-9-22(19-36)43-2)33-26(31-24)20-5-7-21(30)8-6-20/h5-8,18,22-23H,3-4,9-17,19H2,1-2H3,(H,32,37)(H2,40,41,42)/t22-,23-/m0/s1. The van der Waals surface area contributed by atoms with E-state index < -0.39 is 43.5 Å². The lowest BCUT2D eigenvalue weighted by Crippen LogP contribution is -2.56. The monoisotopic (exact) mass is 650 g/mol. The molecule has 2 aliphatic rings. The van der Waals surface area contributed by atoms with Crippen molar-refractivity contribution >= 4 is 31.3 Å². The van der Waals surface area contributed by atoms with Gasteiger partial charge < -0.3 is 39.3 Å². The predicted octanol–water partition coefficient (Wildman–Crippen LogP) is 2.25. The van der Waals surface area contributed by atoms with Crippen LogP contribution in [0.2, 0.25) is 0 Å². The van der Waals surface area contributed by atoms with Gasteiger partial charge in [0.1, 0.15) is 23.4 Å². The molecule has 0 aliphatic carbocycles. The van der Waals surface area contributed by atoms with Crippen LogP contribution in [0.1, 0.15) is 43.1 Å². The first-order chi connectivity index (χ1) is 21.5. The van der Waals surface area contributed by atoms with E-state index in [0.29, 0.717) is 31.1 Å². The number of unbranched alkanes of at least 4 members (excludes halogenated alkanes) is 1. The zero-order valence-corrected chi connectivity index (χ0v) is 26.3. The maximum absolute atomic E-state index is 13.6. The number of nitrogens with zero attached hydrogens (tertiary/aromatic N) is 5. The van der Waals surface area contributed by atoms with Gasteiger partial charge >= 0.3 is 13.7 Å². The van der Waals surface area contributed by atoms with Gasteiger partial charge in [0.25, 0.3) is 5.91 Å². The van der Waals surface area contributed by atoms with Gasteiger partial charge in [0.05, 0.1) is 18.9 Å². The largest absolute Gasteiger partial charge is 0.449 e. The van der Waals surface area contributed by atoms with Gasteiger partial charge in [-0.25, -0.2) is 19.2 Å². The van der Waals surface area contributed by atoms with Gasteiger partial charge in [-0.05, 0) is 43.5 Å². The van der Waals surface area contributed by atoms with E-state index in [-0.39, 0.29) is 50.2 Å². The van der Waals surface area contributed by atoms with Gasteiger partial charge in [-0.1, -0.05) is 13.3 Å². The molecule has 2 saturated heterocycles. The van der Waals surface area contributed by atoms with Crippen molar-refractivity contribution in [2.45, 2.75) is 44.8 Å². The molecule has 1 aromatic carbocycles. The van der Waals surface area contributed by atoms with Crippen LogP contribution in [0.25, 0.3) is 11.4 Å². The third kappa shape index (κ3) is 9.67. The summed E-state index contributed by atoms with van der Waals surface area (Å²) in [6.45, 7) is 4.18. The normalized spacial score (nSPS) is 17.7. The quantitative estimate of drug-likeness (QED) is 0.227. The number of ether oxygens (including phenoxy) is 2. The number of amides is 3. The summed E-state index contributed by atoms with van der Waals surface area (Å²) < 4.78 is 36.1. The maximum atomic E-state index is 13.6. The van der Waals surface area contributed by atoms with Crippen LogP contribution in [0.3, 0.4) is 0 Å². The van der Waals surface area contributed by atoms with Crippen LogP contribution in [-0.2, 0) is 18.8 Å². The molecule has 3 N–H and O–H groups in total. The fraction of sp³-hybridized carbons (Fsp3) is 0.552. The number of methoxy groups -OCH3 is 1. The summed E-state index contributed by atoms with van der Waals surface area (Å²) in [4.78, 5) is 72.4. The average molecular weight is 651 g/mol. The van der Waals surface area contributed by atoms with Gasteiger partial charge in [-0.15, -0.1) is 0 Å². The SMILES string of the molecule is CCCCOC(=O)N1CCN(C(=O)[C@H](CCP(=O)(O)O)NC(=O)c2cc(N3CC[C@H](OC)C3)nc(-c3ccc(F)cc3)n2)CC1. The minimum absolute atomic E-state index is 0.0279. The molecule has 3 heterocycles. The Morgan fingerprint density at radius 2 is 1.78 bits per heavy atom. The van der Waals surface area contributed by atoms with Crippen molar-refractivity contribution < 1.29 is 42.6 Å². The highest BCUT2D eigenvalue weighted by Crippen LogP contribution is 2.35. The van der Waals surface area contributed by atoms with Crippen LogP contribution >= 0.6 is 7.60 Å². The Hall–Kier alpha value is -3.65. The second-order valence-electron chi connectivity index (χ2n) is 11.0. The fourth-order valence-electron chi connectivity index (χ4n) is 5.08. The summed E-state index contributed by atoms with van der Waals surface area (Å²) in [7, 11) is -2.88. The molecular weight excluding hydrogens is 610 g/mol. The molecule has 45 heavy (non-hydrogen) atoms. The Balaban J connectivity index is 1.53. The highest BCUT2D eigenvalue weighted by molar-refractivity contribution is 7.51. The van der Waals surface area contributed by atoms with E-state index in [0.717, 1.165) is 19.3 Å². The first-order valence-electron chi connectivity index (χ1n) is 15.0. The van der Waals surface area contributed by atoms with Crippen LogP contribution in [-0.4, -0.2) is 119 Å². The molecule has 0 unspecified atom stereocenters. The van der Waals surface area contributed by atoms with Crippen molar-refractivity contribution in [2.24, 2.45) is 0 Å². The molecule has 2 atom stereocenters. The summed E-state index contributed by atoms with van der Waals surface area (Å²) in [5.41, 5.74) is 0.392. The second kappa shape index (κ2) is 15.6. The van der Waals surface area contributed by atoms with Gasteiger partial charge in [0.15, 0.2) is 5.82 Å². The lowest BCUT2D eigenvalue weighted by Gasteiger charge is -2.36. The molecule has 0 saturated carbocycles. The Labute approximate surface area is 261 Å². The number of carbonyl (C=O) groups is 3. The molecule has 1 aromatic heterocycles. The van der Waals surface area contributed by atoms with Crippen LogP contribution < -0.4 is 10.2 Å². The number of carbonyl (C=O) groups excluding carboxylic acids is 3. The number of piperazine rings is 1. The summed E-state index contributed by atoms with van der Waals surface area (Å²) in [5, 5.41) is 2.62. The van der Waals surface area contributed by atoms with E-state index in [1.807, 2.05) is 11.8 Å². The maximum Gasteiger partial charge on any atom is 0.409 e. The van der Waals surface area contributed by atoms with Gasteiger partial charge in [0.2, 0.25) is 5.91 Å². The predicted molar refractivity (Wildman–Crippen MR) is 162 cm³/mol. The first-order valence-corrected chi connectivity index (χ1v) is 16.8. The molecule has 246 valence electrons. The molecule has 14 nitrogen and oxygen atoms in total. The number of benzene rings is 1. The Bertz CT molecular complexity index is 1390. The van der Waals surface area contributed by atoms with E-state index >= 15 is 0 Å². The number of nitrogens with one attached hydrogen (secondary N) is 1. The van der Waals surface area contributed by atoms with Crippen LogP contribution in [0.4, 0.5) is 15.0 Å². The minimum Gasteiger partial charge on any atom is -0.449 e. The van der Waals surface area contributed by atoms with Crippen molar-refractivity contribution in [2.75, 3.05) is 64.0 Å². The molecule has 0 bridgehead atoms. The summed E-state index contributed by atoms with van der Waals surface area (Å²) >= 11 is 0. The number of hydrogen-bond acceptors (Lipinski definition) is 9. The molecule has 2 aromatic rings. The summed E-state index contributed by atoms with van der Waals surface area (Å²) in [6, 6.07) is 5.69. The minimum atomic E-state index is -4.50. The zero-order chi connectivity index (χ0) is 32.6. The summed E-state index contributed by atoms with van der Waals surface area (Å²) in [6.07, 6.45) is 0.932. The number of aromatic nitrogens is 2. The lowest BCUT2D eigenvalue weighted by atomic mass is 10.1.